The molecule has 0 aromatic heterocycles. The molecule has 0 aliphatic heterocycles. The average molecular weight is 555 g/mol. The van der Waals surface area contributed by atoms with E-state index < -0.39 is 24.1 Å². The number of aryl methyl sites for hydroxylation is 2. The largest absolute Gasteiger partial charge is 0.489 e. The second kappa shape index (κ2) is 12.9. The van der Waals surface area contributed by atoms with E-state index in [2.05, 4.69) is 61.7 Å². The first-order valence-corrected chi connectivity index (χ1v) is 13.9. The van der Waals surface area contributed by atoms with E-state index in [1.807, 2.05) is 26.0 Å². The monoisotopic (exact) mass is 554 g/mol. The number of ether oxygens (including phenoxy) is 4. The van der Waals surface area contributed by atoms with Gasteiger partial charge in [-0.1, -0.05) is 61.7 Å². The van der Waals surface area contributed by atoms with Crippen molar-refractivity contribution < 1.29 is 28.5 Å². The topological polar surface area (TPSA) is 71.1 Å². The fourth-order valence-electron chi connectivity index (χ4n) is 5.38. The molecule has 0 heterocycles. The fraction of sp³-hybridized carbons (Fsp3) is 0.314. The van der Waals surface area contributed by atoms with Gasteiger partial charge in [0.2, 0.25) is 0 Å². The highest BCUT2D eigenvalue weighted by atomic mass is 16.6. The number of rotatable bonds is 12. The van der Waals surface area contributed by atoms with Crippen molar-refractivity contribution in [2.75, 3.05) is 13.2 Å². The maximum Gasteiger partial charge on any atom is 0.330 e. The third kappa shape index (κ3) is 6.88. The zero-order valence-corrected chi connectivity index (χ0v) is 24.3. The van der Waals surface area contributed by atoms with Crippen LogP contribution in [0, 0.1) is 13.8 Å². The summed E-state index contributed by atoms with van der Waals surface area (Å²) in [7, 11) is 0. The Morgan fingerprint density at radius 1 is 0.756 bits per heavy atom. The van der Waals surface area contributed by atoms with Crippen LogP contribution >= 0.6 is 0 Å². The molecule has 214 valence electrons. The molecule has 0 radical (unpaired) electrons. The van der Waals surface area contributed by atoms with Crippen molar-refractivity contribution in [3.8, 4) is 11.5 Å². The molecule has 41 heavy (non-hydrogen) atoms. The van der Waals surface area contributed by atoms with Crippen molar-refractivity contribution >= 4 is 11.9 Å². The molecule has 0 saturated carbocycles. The lowest BCUT2D eigenvalue weighted by Gasteiger charge is -2.32. The van der Waals surface area contributed by atoms with Gasteiger partial charge in [0.05, 0.1) is 0 Å². The minimum Gasteiger partial charge on any atom is -0.489 e. The maximum atomic E-state index is 11.5. The predicted molar refractivity (Wildman–Crippen MR) is 159 cm³/mol. The van der Waals surface area contributed by atoms with Crippen LogP contribution in [0.3, 0.4) is 0 Å². The Balaban J connectivity index is 1.60. The molecule has 0 N–H and O–H groups in total. The molecule has 0 amide bonds. The minimum atomic E-state index is -0.465. The molecule has 2 unspecified atom stereocenters. The van der Waals surface area contributed by atoms with Gasteiger partial charge >= 0.3 is 11.9 Å². The van der Waals surface area contributed by atoms with Crippen molar-refractivity contribution in [1.82, 2.24) is 0 Å². The number of carbonyl (C=O) groups excluding carboxylic acids is 2. The Kier molecular flexibility index (Phi) is 9.33. The van der Waals surface area contributed by atoms with Gasteiger partial charge in [-0.05, 0) is 86.1 Å². The zero-order chi connectivity index (χ0) is 29.6. The van der Waals surface area contributed by atoms with E-state index >= 15 is 0 Å². The molecule has 0 fully saturated rings. The molecule has 3 aromatic rings. The van der Waals surface area contributed by atoms with Gasteiger partial charge in [0.25, 0.3) is 0 Å². The summed E-state index contributed by atoms with van der Waals surface area (Å²) in [5, 5.41) is 0. The molecular weight excluding hydrogens is 516 g/mol. The maximum absolute atomic E-state index is 11.5. The van der Waals surface area contributed by atoms with Crippen molar-refractivity contribution in [3.05, 3.63) is 119 Å². The molecule has 4 rings (SSSR count). The molecular formula is C35H38O6. The molecule has 6 nitrogen and oxygen atoms in total. The van der Waals surface area contributed by atoms with Gasteiger partial charge in [-0.25, -0.2) is 9.59 Å². The molecule has 0 saturated heterocycles. The lowest BCUT2D eigenvalue weighted by molar-refractivity contribution is -0.144. The molecule has 0 spiro atoms. The number of esters is 2. The first kappa shape index (κ1) is 29.7. The van der Waals surface area contributed by atoms with Gasteiger partial charge in [0, 0.05) is 17.6 Å². The van der Waals surface area contributed by atoms with Crippen molar-refractivity contribution in [2.24, 2.45) is 0 Å². The predicted octanol–water partition coefficient (Wildman–Crippen LogP) is 6.38. The van der Waals surface area contributed by atoms with Gasteiger partial charge in [0.1, 0.15) is 36.9 Å². The van der Waals surface area contributed by atoms with Gasteiger partial charge in [-0.15, -0.1) is 0 Å². The smallest absolute Gasteiger partial charge is 0.330 e. The Bertz CT molecular complexity index is 1330. The van der Waals surface area contributed by atoms with Gasteiger partial charge in [-0.2, -0.15) is 0 Å². The van der Waals surface area contributed by atoms with Crippen molar-refractivity contribution in [3.63, 3.8) is 0 Å². The lowest BCUT2D eigenvalue weighted by atomic mass is 9.71. The SMILES string of the molecule is C=CC(=O)OC(C)COc1ccc(C2(c3ccc(OCC(C)OC(=O)C=C)c(C)c3)Cc3ccccc3C2)cc1C. The molecule has 6 heteroatoms. The van der Waals surface area contributed by atoms with Crippen molar-refractivity contribution in [1.29, 1.82) is 0 Å². The van der Waals surface area contributed by atoms with Crippen LogP contribution < -0.4 is 9.47 Å². The number of carbonyl (C=O) groups is 2. The highest BCUT2D eigenvalue weighted by Gasteiger charge is 2.40. The molecule has 3 aromatic carbocycles. The zero-order valence-electron chi connectivity index (χ0n) is 24.3. The van der Waals surface area contributed by atoms with E-state index in [1.54, 1.807) is 13.8 Å². The van der Waals surface area contributed by atoms with E-state index in [0.29, 0.717) is 0 Å². The minimum absolute atomic E-state index is 0.252. The lowest BCUT2D eigenvalue weighted by Crippen LogP contribution is -2.29. The second-order valence-corrected chi connectivity index (χ2v) is 10.7. The van der Waals surface area contributed by atoms with Crippen molar-refractivity contribution in [2.45, 2.75) is 58.2 Å². The molecule has 1 aliphatic carbocycles. The van der Waals surface area contributed by atoms with E-state index in [-0.39, 0.29) is 18.6 Å². The van der Waals surface area contributed by atoms with E-state index in [1.165, 1.54) is 22.3 Å². The number of benzene rings is 3. The second-order valence-electron chi connectivity index (χ2n) is 10.7. The number of hydrogen-bond donors (Lipinski definition) is 0. The standard InChI is InChI=1S/C35H38O6/c1-7-33(36)40-25(5)21-38-31-15-13-29(17-23(31)3)35(19-27-11-9-10-12-28(27)20-35)30-14-16-32(24(4)18-30)39-22-26(6)41-34(37)8-2/h7-18,25-26H,1-2,19-22H2,3-6H3. The summed E-state index contributed by atoms with van der Waals surface area (Å²) in [6.45, 7) is 15.0. The quantitative estimate of drug-likeness (QED) is 0.191. The van der Waals surface area contributed by atoms with Crippen LogP contribution in [-0.4, -0.2) is 37.4 Å². The molecule has 0 bridgehead atoms. The summed E-state index contributed by atoms with van der Waals surface area (Å²) in [6, 6.07) is 21.3. The summed E-state index contributed by atoms with van der Waals surface area (Å²) in [5.41, 5.74) is 6.89. The average Bonchev–Trinajstić information content (AvgIpc) is 3.36. The Morgan fingerprint density at radius 2 is 1.17 bits per heavy atom. The summed E-state index contributed by atoms with van der Waals surface area (Å²) in [5.74, 6) is 0.584. The van der Waals surface area contributed by atoms with E-state index in [9.17, 15) is 9.59 Å². The Hall–Kier alpha value is -4.32. The normalized spacial score (nSPS) is 14.7. The van der Waals surface area contributed by atoms with Gasteiger partial charge in [0.15, 0.2) is 0 Å². The summed E-state index contributed by atoms with van der Waals surface area (Å²) >= 11 is 0. The molecule has 1 aliphatic rings. The number of fused-ring (bicyclic) bond motifs is 1. The highest BCUT2D eigenvalue weighted by Crippen LogP contribution is 2.46. The summed E-state index contributed by atoms with van der Waals surface area (Å²) in [4.78, 5) is 23.0. The van der Waals surface area contributed by atoms with E-state index in [0.717, 1.165) is 47.6 Å². The third-order valence-electron chi connectivity index (χ3n) is 7.47. The van der Waals surface area contributed by atoms with Crippen LogP contribution in [-0.2, 0) is 37.3 Å². The summed E-state index contributed by atoms with van der Waals surface area (Å²) in [6.07, 6.45) is 3.28. The van der Waals surface area contributed by atoms with Crippen LogP contribution in [0.5, 0.6) is 11.5 Å². The van der Waals surface area contributed by atoms with Gasteiger partial charge in [-0.3, -0.25) is 0 Å². The number of hydrogen-bond acceptors (Lipinski definition) is 6. The fourth-order valence-corrected chi connectivity index (χ4v) is 5.38. The van der Waals surface area contributed by atoms with Crippen LogP contribution in [0.2, 0.25) is 0 Å². The molecule has 2 atom stereocenters. The van der Waals surface area contributed by atoms with E-state index in [4.69, 9.17) is 18.9 Å². The van der Waals surface area contributed by atoms with Gasteiger partial charge < -0.3 is 18.9 Å². The van der Waals surface area contributed by atoms with Crippen LogP contribution in [0.4, 0.5) is 0 Å². The third-order valence-corrected chi connectivity index (χ3v) is 7.47. The first-order chi connectivity index (χ1) is 19.6. The van der Waals surface area contributed by atoms with Crippen LogP contribution in [0.25, 0.3) is 0 Å². The Labute approximate surface area is 242 Å². The van der Waals surface area contributed by atoms with Crippen LogP contribution in [0.1, 0.15) is 47.2 Å². The Morgan fingerprint density at radius 3 is 1.54 bits per heavy atom. The van der Waals surface area contributed by atoms with Crippen LogP contribution in [0.15, 0.2) is 86.0 Å². The summed E-state index contributed by atoms with van der Waals surface area (Å²) < 4.78 is 22.5. The highest BCUT2D eigenvalue weighted by molar-refractivity contribution is 5.81. The first-order valence-electron chi connectivity index (χ1n) is 13.9.